The highest BCUT2D eigenvalue weighted by molar-refractivity contribution is 5.72. The maximum atomic E-state index is 10.1. The molecule has 0 aromatic heterocycles. The molecule has 5 heteroatoms. The Morgan fingerprint density at radius 3 is 2.40 bits per heavy atom. The second-order valence-corrected chi connectivity index (χ2v) is 1.84. The second kappa shape index (κ2) is 5.16. The lowest BCUT2D eigenvalue weighted by Crippen LogP contribution is -2.17. The van der Waals surface area contributed by atoms with Crippen LogP contribution >= 0.6 is 0 Å². The van der Waals surface area contributed by atoms with E-state index in [-0.39, 0.29) is 0 Å². The Bertz CT molecular complexity index is 101. The molecule has 5 N–H and O–H groups in total. The largest absolute Gasteiger partial charge is 0.479 e. The van der Waals surface area contributed by atoms with E-state index in [0.29, 0.717) is 13.0 Å². The van der Waals surface area contributed by atoms with E-state index in [2.05, 4.69) is 11.7 Å². The van der Waals surface area contributed by atoms with Gasteiger partial charge in [-0.05, 0) is 12.8 Å². The summed E-state index contributed by atoms with van der Waals surface area (Å²) in [7, 11) is 0. The zero-order valence-electron chi connectivity index (χ0n) is 5.62. The lowest BCUT2D eigenvalue weighted by Gasteiger charge is -1.98. The highest BCUT2D eigenvalue weighted by Crippen LogP contribution is 2.10. The molecule has 5 nitrogen and oxygen atoms in total. The van der Waals surface area contributed by atoms with Gasteiger partial charge in [-0.25, -0.2) is 4.79 Å². The first-order chi connectivity index (χ1) is 4.80. The first-order valence-corrected chi connectivity index (χ1v) is 2.98. The highest BCUT2D eigenvalue weighted by atomic mass is 16.5. The number of hydrazine groups is 1. The highest BCUT2D eigenvalue weighted by Gasteiger charge is 2.21. The lowest BCUT2D eigenvalue weighted by atomic mass is 10.2. The molecule has 0 aromatic carbocycles. The van der Waals surface area contributed by atoms with Crippen molar-refractivity contribution in [2.24, 2.45) is 11.7 Å². The van der Waals surface area contributed by atoms with E-state index in [1.165, 1.54) is 0 Å². The van der Waals surface area contributed by atoms with E-state index in [4.69, 9.17) is 9.84 Å². The number of carboxylic acid groups (broad SMARTS) is 1. The molecule has 1 heterocycles. The maximum Gasteiger partial charge on any atom is 0.332 e. The van der Waals surface area contributed by atoms with Crippen LogP contribution in [0.1, 0.15) is 12.8 Å². The molecule has 1 fully saturated rings. The van der Waals surface area contributed by atoms with E-state index >= 15 is 0 Å². The standard InChI is InChI=1S/C5H8O3.H4N2/c6-5(7)4-2-1-3-8-4;1-2/h4H,1-3H2,(H,6,7);1-2H2. The molecule has 10 heavy (non-hydrogen) atoms. The van der Waals surface area contributed by atoms with Gasteiger partial charge in [-0.2, -0.15) is 0 Å². The van der Waals surface area contributed by atoms with Gasteiger partial charge in [-0.1, -0.05) is 0 Å². The molecule has 1 aliphatic heterocycles. The van der Waals surface area contributed by atoms with Crippen LogP contribution < -0.4 is 11.7 Å². The third-order valence-electron chi connectivity index (χ3n) is 1.21. The number of ether oxygens (including phenoxy) is 1. The van der Waals surface area contributed by atoms with Crippen molar-refractivity contribution in [3.05, 3.63) is 0 Å². The van der Waals surface area contributed by atoms with Crippen molar-refractivity contribution in [2.75, 3.05) is 6.61 Å². The second-order valence-electron chi connectivity index (χ2n) is 1.84. The van der Waals surface area contributed by atoms with Gasteiger partial charge in [-0.15, -0.1) is 0 Å². The van der Waals surface area contributed by atoms with Crippen LogP contribution in [0.3, 0.4) is 0 Å². The first-order valence-electron chi connectivity index (χ1n) is 2.98. The molecular formula is C5H12N2O3. The van der Waals surface area contributed by atoms with Crippen molar-refractivity contribution in [2.45, 2.75) is 18.9 Å². The van der Waals surface area contributed by atoms with Gasteiger partial charge in [0.05, 0.1) is 0 Å². The zero-order chi connectivity index (χ0) is 7.98. The van der Waals surface area contributed by atoms with E-state index in [9.17, 15) is 4.79 Å². The van der Waals surface area contributed by atoms with Crippen LogP contribution in [0.4, 0.5) is 0 Å². The quantitative estimate of drug-likeness (QED) is 0.329. The Morgan fingerprint density at radius 1 is 1.60 bits per heavy atom. The van der Waals surface area contributed by atoms with E-state index in [1.54, 1.807) is 0 Å². The van der Waals surface area contributed by atoms with Gasteiger partial charge in [0.25, 0.3) is 0 Å². The summed E-state index contributed by atoms with van der Waals surface area (Å²) in [4.78, 5) is 10.1. The van der Waals surface area contributed by atoms with Crippen LogP contribution in [-0.2, 0) is 9.53 Å². The molecule has 0 amide bonds. The summed E-state index contributed by atoms with van der Waals surface area (Å²) >= 11 is 0. The predicted molar refractivity (Wildman–Crippen MR) is 35.0 cm³/mol. The summed E-state index contributed by atoms with van der Waals surface area (Å²) in [5, 5.41) is 8.29. The molecule has 1 atom stereocenters. The Balaban J connectivity index is 0.000000371. The van der Waals surface area contributed by atoms with Crippen LogP contribution in [-0.4, -0.2) is 23.8 Å². The van der Waals surface area contributed by atoms with Crippen molar-refractivity contribution in [1.82, 2.24) is 0 Å². The Hall–Kier alpha value is -0.650. The minimum Gasteiger partial charge on any atom is -0.479 e. The Morgan fingerprint density at radius 2 is 2.20 bits per heavy atom. The van der Waals surface area contributed by atoms with Gasteiger partial charge in [0.1, 0.15) is 0 Å². The molecule has 0 saturated carbocycles. The van der Waals surface area contributed by atoms with Gasteiger partial charge in [-0.3, -0.25) is 11.7 Å². The van der Waals surface area contributed by atoms with E-state index in [1.807, 2.05) is 0 Å². The monoisotopic (exact) mass is 148 g/mol. The number of carboxylic acids is 1. The number of aliphatic carboxylic acids is 1. The maximum absolute atomic E-state index is 10.1. The molecule has 0 aliphatic carbocycles. The van der Waals surface area contributed by atoms with Crippen LogP contribution in [0.5, 0.6) is 0 Å². The van der Waals surface area contributed by atoms with Crippen LogP contribution in [0, 0.1) is 0 Å². The number of hydrogen-bond acceptors (Lipinski definition) is 4. The average Bonchev–Trinajstić information content (AvgIpc) is 2.42. The average molecular weight is 148 g/mol. The molecule has 1 unspecified atom stereocenters. The number of nitrogens with two attached hydrogens (primary N) is 2. The smallest absolute Gasteiger partial charge is 0.332 e. The van der Waals surface area contributed by atoms with Gasteiger partial charge in [0.2, 0.25) is 0 Å². The molecule has 1 saturated heterocycles. The van der Waals surface area contributed by atoms with Gasteiger partial charge < -0.3 is 9.84 Å². The van der Waals surface area contributed by atoms with Crippen molar-refractivity contribution in [3.63, 3.8) is 0 Å². The van der Waals surface area contributed by atoms with Crippen molar-refractivity contribution < 1.29 is 14.6 Å². The fourth-order valence-electron chi connectivity index (χ4n) is 0.772. The summed E-state index contributed by atoms with van der Waals surface area (Å²) < 4.78 is 4.81. The fraction of sp³-hybridized carbons (Fsp3) is 0.800. The van der Waals surface area contributed by atoms with Crippen molar-refractivity contribution in [1.29, 1.82) is 0 Å². The predicted octanol–water partition coefficient (Wildman–Crippen LogP) is -0.931. The summed E-state index contributed by atoms with van der Waals surface area (Å²) in [6.45, 7) is 0.608. The number of rotatable bonds is 1. The SMILES string of the molecule is NN.O=C(O)C1CCCO1. The van der Waals surface area contributed by atoms with Gasteiger partial charge in [0, 0.05) is 6.61 Å². The molecule has 0 spiro atoms. The number of hydrogen-bond donors (Lipinski definition) is 3. The summed E-state index contributed by atoms with van der Waals surface area (Å²) in [5.41, 5.74) is 0. The molecule has 0 radical (unpaired) electrons. The molecular weight excluding hydrogens is 136 g/mol. The van der Waals surface area contributed by atoms with Crippen LogP contribution in [0.2, 0.25) is 0 Å². The van der Waals surface area contributed by atoms with Gasteiger partial charge in [0.15, 0.2) is 6.10 Å². The first kappa shape index (κ1) is 9.35. The Labute approximate surface area is 58.9 Å². The third kappa shape index (κ3) is 2.77. The molecule has 60 valence electrons. The van der Waals surface area contributed by atoms with Gasteiger partial charge >= 0.3 is 5.97 Å². The summed E-state index contributed by atoms with van der Waals surface area (Å²) in [6.07, 6.45) is 1.04. The molecule has 0 aromatic rings. The van der Waals surface area contributed by atoms with E-state index in [0.717, 1.165) is 6.42 Å². The van der Waals surface area contributed by atoms with E-state index < -0.39 is 12.1 Å². The summed E-state index contributed by atoms with van der Waals surface area (Å²) in [6, 6.07) is 0. The fourth-order valence-corrected chi connectivity index (χ4v) is 0.772. The molecule has 1 aliphatic rings. The minimum absolute atomic E-state index is 0.519. The molecule has 0 bridgehead atoms. The van der Waals surface area contributed by atoms with Crippen molar-refractivity contribution in [3.8, 4) is 0 Å². The zero-order valence-corrected chi connectivity index (χ0v) is 5.62. The Kier molecular flexibility index (Phi) is 4.82. The summed E-state index contributed by atoms with van der Waals surface area (Å²) in [5.74, 6) is 7.17. The lowest BCUT2D eigenvalue weighted by molar-refractivity contribution is -0.147. The third-order valence-corrected chi connectivity index (χ3v) is 1.21. The number of carbonyl (C=O) groups is 1. The normalized spacial score (nSPS) is 23.2. The topological polar surface area (TPSA) is 98.6 Å². The minimum atomic E-state index is -0.831. The molecule has 1 rings (SSSR count). The van der Waals surface area contributed by atoms with Crippen LogP contribution in [0.15, 0.2) is 0 Å². The van der Waals surface area contributed by atoms with Crippen LogP contribution in [0.25, 0.3) is 0 Å². The van der Waals surface area contributed by atoms with Crippen molar-refractivity contribution >= 4 is 5.97 Å².